The van der Waals surface area contributed by atoms with E-state index in [2.05, 4.69) is 10.3 Å². The first kappa shape index (κ1) is 16.3. The molecule has 0 saturated carbocycles. The van der Waals surface area contributed by atoms with Gasteiger partial charge in [0.1, 0.15) is 5.69 Å². The summed E-state index contributed by atoms with van der Waals surface area (Å²) >= 11 is 5.97. The van der Waals surface area contributed by atoms with Gasteiger partial charge in [-0.05, 0) is 49.2 Å². The molecule has 0 aliphatic rings. The average molecular weight is 344 g/mol. The quantitative estimate of drug-likeness (QED) is 0.775. The number of hydrogen-bond acceptors (Lipinski definition) is 3. The molecule has 2 aromatic heterocycles. The third kappa shape index (κ3) is 2.83. The largest absolute Gasteiger partial charge is 0.493 e. The van der Waals surface area contributed by atoms with Gasteiger partial charge in [0.05, 0.1) is 12.8 Å². The Morgan fingerprint density at radius 2 is 2.17 bits per heavy atom. The molecule has 0 radical (unpaired) electrons. The Balaban J connectivity index is 2.06. The highest BCUT2D eigenvalue weighted by Crippen LogP contribution is 2.24. The van der Waals surface area contributed by atoms with Crippen LogP contribution in [0.5, 0.6) is 5.75 Å². The van der Waals surface area contributed by atoms with Crippen molar-refractivity contribution in [2.45, 2.75) is 20.3 Å². The summed E-state index contributed by atoms with van der Waals surface area (Å²) in [6.07, 6.45) is 2.46. The molecule has 5 nitrogen and oxygen atoms in total. The molecule has 0 spiro atoms. The normalized spacial score (nSPS) is 10.8. The summed E-state index contributed by atoms with van der Waals surface area (Å²) < 4.78 is 7.10. The Labute approximate surface area is 145 Å². The maximum absolute atomic E-state index is 12.9. The molecular formula is C18H18ClN3O2. The highest BCUT2D eigenvalue weighted by atomic mass is 35.5. The summed E-state index contributed by atoms with van der Waals surface area (Å²) in [6.45, 7) is 3.87. The monoisotopic (exact) mass is 343 g/mol. The highest BCUT2D eigenvalue weighted by molar-refractivity contribution is 6.30. The van der Waals surface area contributed by atoms with E-state index < -0.39 is 0 Å². The summed E-state index contributed by atoms with van der Waals surface area (Å²) in [6, 6.07) is 9.02. The summed E-state index contributed by atoms with van der Waals surface area (Å²) in [5, 5.41) is 3.58. The molecule has 0 aliphatic carbocycles. The van der Waals surface area contributed by atoms with E-state index in [9.17, 15) is 4.79 Å². The molecule has 0 atom stereocenters. The number of hydrogen-bond donors (Lipinski definition) is 1. The van der Waals surface area contributed by atoms with Crippen LogP contribution in [0.25, 0.3) is 5.65 Å². The van der Waals surface area contributed by atoms with Crippen LogP contribution >= 0.6 is 11.6 Å². The van der Waals surface area contributed by atoms with Gasteiger partial charge in [0.25, 0.3) is 5.91 Å². The second-order valence-corrected chi connectivity index (χ2v) is 5.88. The van der Waals surface area contributed by atoms with Gasteiger partial charge in [0.2, 0.25) is 0 Å². The number of carbonyl (C=O) groups excluding carboxylic acids is 1. The van der Waals surface area contributed by atoms with Gasteiger partial charge >= 0.3 is 0 Å². The van der Waals surface area contributed by atoms with Crippen LogP contribution in [0.15, 0.2) is 36.5 Å². The molecule has 1 amide bonds. The van der Waals surface area contributed by atoms with Crippen molar-refractivity contribution < 1.29 is 9.53 Å². The number of aromatic nitrogens is 2. The van der Waals surface area contributed by atoms with E-state index in [1.807, 2.05) is 38.2 Å². The molecule has 0 saturated heterocycles. The number of anilines is 1. The number of nitrogens with zero attached hydrogens (tertiary/aromatic N) is 2. The predicted molar refractivity (Wildman–Crippen MR) is 95.3 cm³/mol. The summed E-state index contributed by atoms with van der Waals surface area (Å²) in [5.74, 6) is 0.423. The number of methoxy groups -OCH3 is 1. The number of imidazole rings is 1. The molecule has 0 bridgehead atoms. The SMILES string of the molecule is CCc1nc2c(OC)cccn2c1C(=O)Nc1ccc(Cl)cc1C. The topological polar surface area (TPSA) is 55.6 Å². The third-order valence-electron chi connectivity index (χ3n) is 3.89. The molecule has 2 heterocycles. The van der Waals surface area contributed by atoms with E-state index in [-0.39, 0.29) is 5.91 Å². The maximum atomic E-state index is 12.9. The second kappa shape index (κ2) is 6.53. The number of amides is 1. The lowest BCUT2D eigenvalue weighted by molar-refractivity contribution is 0.102. The Morgan fingerprint density at radius 3 is 2.83 bits per heavy atom. The van der Waals surface area contributed by atoms with Crippen LogP contribution in [0.2, 0.25) is 5.02 Å². The van der Waals surface area contributed by atoms with Gasteiger partial charge in [-0.15, -0.1) is 0 Å². The molecule has 0 aliphatic heterocycles. The second-order valence-electron chi connectivity index (χ2n) is 5.44. The van der Waals surface area contributed by atoms with Gasteiger partial charge < -0.3 is 10.1 Å². The van der Waals surface area contributed by atoms with Crippen LogP contribution in [0.3, 0.4) is 0 Å². The first-order valence-electron chi connectivity index (χ1n) is 7.66. The predicted octanol–water partition coefficient (Wildman–Crippen LogP) is 4.12. The number of rotatable bonds is 4. The van der Waals surface area contributed by atoms with E-state index >= 15 is 0 Å². The van der Waals surface area contributed by atoms with Crippen molar-refractivity contribution in [3.8, 4) is 5.75 Å². The van der Waals surface area contributed by atoms with Crippen molar-refractivity contribution in [1.82, 2.24) is 9.38 Å². The lowest BCUT2D eigenvalue weighted by Gasteiger charge is -2.10. The minimum Gasteiger partial charge on any atom is -0.493 e. The van der Waals surface area contributed by atoms with E-state index in [0.29, 0.717) is 28.5 Å². The zero-order valence-corrected chi connectivity index (χ0v) is 14.5. The van der Waals surface area contributed by atoms with Crippen molar-refractivity contribution >= 4 is 28.8 Å². The number of fused-ring (bicyclic) bond motifs is 1. The third-order valence-corrected chi connectivity index (χ3v) is 4.13. The van der Waals surface area contributed by atoms with E-state index in [1.54, 1.807) is 23.6 Å². The molecular weight excluding hydrogens is 326 g/mol. The summed E-state index contributed by atoms with van der Waals surface area (Å²) in [7, 11) is 1.59. The van der Waals surface area contributed by atoms with Crippen molar-refractivity contribution in [1.29, 1.82) is 0 Å². The molecule has 1 aromatic carbocycles. The van der Waals surface area contributed by atoms with Gasteiger partial charge in [-0.3, -0.25) is 9.20 Å². The lowest BCUT2D eigenvalue weighted by atomic mass is 10.2. The Kier molecular flexibility index (Phi) is 4.44. The van der Waals surface area contributed by atoms with Crippen LogP contribution in [-0.2, 0) is 6.42 Å². The highest BCUT2D eigenvalue weighted by Gasteiger charge is 2.20. The fourth-order valence-electron chi connectivity index (χ4n) is 2.68. The minimum absolute atomic E-state index is 0.210. The van der Waals surface area contributed by atoms with Gasteiger partial charge in [-0.2, -0.15) is 0 Å². The fraction of sp³-hybridized carbons (Fsp3) is 0.222. The number of benzene rings is 1. The van der Waals surface area contributed by atoms with Gasteiger partial charge in [-0.25, -0.2) is 4.98 Å². The van der Waals surface area contributed by atoms with Crippen molar-refractivity contribution in [3.05, 3.63) is 58.5 Å². The van der Waals surface area contributed by atoms with Gasteiger partial charge in [0, 0.05) is 16.9 Å². The Hall–Kier alpha value is -2.53. The number of halogens is 1. The van der Waals surface area contributed by atoms with E-state index in [4.69, 9.17) is 16.3 Å². The molecule has 0 unspecified atom stereocenters. The first-order valence-corrected chi connectivity index (χ1v) is 8.04. The van der Waals surface area contributed by atoms with Gasteiger partial charge in [-0.1, -0.05) is 18.5 Å². The van der Waals surface area contributed by atoms with Crippen LogP contribution in [0, 0.1) is 6.92 Å². The summed E-state index contributed by atoms with van der Waals surface area (Å²) in [4.78, 5) is 17.4. The molecule has 1 N–H and O–H groups in total. The molecule has 124 valence electrons. The smallest absolute Gasteiger partial charge is 0.274 e. The van der Waals surface area contributed by atoms with Crippen LogP contribution in [-0.4, -0.2) is 22.4 Å². The summed E-state index contributed by atoms with van der Waals surface area (Å²) in [5.41, 5.74) is 3.50. The number of aryl methyl sites for hydroxylation is 2. The maximum Gasteiger partial charge on any atom is 0.274 e. The zero-order valence-electron chi connectivity index (χ0n) is 13.8. The standard InChI is InChI=1S/C18H18ClN3O2/c1-4-13-16(22-9-5-6-15(24-3)17(22)20-13)18(23)21-14-8-7-12(19)10-11(14)2/h5-10H,4H2,1-3H3,(H,21,23). The number of nitrogens with one attached hydrogen (secondary N) is 1. The first-order chi connectivity index (χ1) is 11.5. The molecule has 3 rings (SSSR count). The number of pyridine rings is 1. The number of carbonyl (C=O) groups is 1. The average Bonchev–Trinajstić information content (AvgIpc) is 2.96. The van der Waals surface area contributed by atoms with Crippen LogP contribution in [0.1, 0.15) is 28.7 Å². The van der Waals surface area contributed by atoms with Crippen molar-refractivity contribution in [3.63, 3.8) is 0 Å². The fourth-order valence-corrected chi connectivity index (χ4v) is 2.91. The molecule has 6 heteroatoms. The Bertz CT molecular complexity index is 918. The van der Waals surface area contributed by atoms with Crippen molar-refractivity contribution in [2.24, 2.45) is 0 Å². The Morgan fingerprint density at radius 1 is 1.38 bits per heavy atom. The molecule has 24 heavy (non-hydrogen) atoms. The van der Waals surface area contributed by atoms with Crippen molar-refractivity contribution in [2.75, 3.05) is 12.4 Å². The number of ether oxygens (including phenoxy) is 1. The molecule has 0 fully saturated rings. The van der Waals surface area contributed by atoms with Gasteiger partial charge in [0.15, 0.2) is 11.4 Å². The van der Waals surface area contributed by atoms with E-state index in [0.717, 1.165) is 16.9 Å². The zero-order chi connectivity index (χ0) is 17.3. The van der Waals surface area contributed by atoms with Crippen LogP contribution < -0.4 is 10.1 Å². The minimum atomic E-state index is -0.210. The van der Waals surface area contributed by atoms with E-state index in [1.165, 1.54) is 0 Å². The lowest BCUT2D eigenvalue weighted by Crippen LogP contribution is -2.17. The molecule has 3 aromatic rings. The van der Waals surface area contributed by atoms with Crippen LogP contribution in [0.4, 0.5) is 5.69 Å².